The van der Waals surface area contributed by atoms with Crippen LogP contribution in [0.4, 0.5) is 0 Å². The van der Waals surface area contributed by atoms with Gasteiger partial charge in [-0.3, -0.25) is 4.84 Å². The van der Waals surface area contributed by atoms with Crippen LogP contribution < -0.4 is 5.90 Å². The van der Waals surface area contributed by atoms with Gasteiger partial charge in [-0.25, -0.2) is 15.7 Å². The molecule has 27 heavy (non-hydrogen) atoms. The van der Waals surface area contributed by atoms with Gasteiger partial charge >= 0.3 is 5.97 Å². The minimum atomic E-state index is -1.05. The van der Waals surface area contributed by atoms with E-state index in [0.717, 1.165) is 22.0 Å². The van der Waals surface area contributed by atoms with E-state index in [-0.39, 0.29) is 12.2 Å². The minimum Gasteiger partial charge on any atom is -0.478 e. The number of nitrogens with two attached hydrogens (primary N) is 1. The van der Waals surface area contributed by atoms with Crippen LogP contribution in [0.5, 0.6) is 0 Å². The summed E-state index contributed by atoms with van der Waals surface area (Å²) >= 11 is 0. The number of aromatic carboxylic acids is 1. The van der Waals surface area contributed by atoms with E-state index >= 15 is 0 Å². The van der Waals surface area contributed by atoms with E-state index in [2.05, 4.69) is 14.8 Å². The summed E-state index contributed by atoms with van der Waals surface area (Å²) in [7, 11) is 0. The van der Waals surface area contributed by atoms with E-state index in [9.17, 15) is 9.90 Å². The molecule has 0 saturated carbocycles. The summed E-state index contributed by atoms with van der Waals surface area (Å²) in [5.74, 6) is 4.09. The number of pyridine rings is 1. The van der Waals surface area contributed by atoms with Crippen molar-refractivity contribution in [2.45, 2.75) is 6.61 Å². The molecule has 0 unspecified atom stereocenters. The van der Waals surface area contributed by atoms with E-state index < -0.39 is 5.97 Å². The molecule has 2 heterocycles. The fraction of sp³-hybridized carbons (Fsp3) is 0.0476. The van der Waals surface area contributed by atoms with Crippen LogP contribution in [0, 0.1) is 0 Å². The molecule has 0 saturated heterocycles. The third-order valence-corrected chi connectivity index (χ3v) is 4.44. The number of H-pyrrole nitrogens is 1. The summed E-state index contributed by atoms with van der Waals surface area (Å²) in [6.45, 7) is -0.0580. The molecule has 0 bridgehead atoms. The molecule has 4 aromatic rings. The highest BCUT2D eigenvalue weighted by Crippen LogP contribution is 2.30. The first-order chi connectivity index (χ1) is 13.2. The molecule has 0 aliphatic carbocycles. The summed E-state index contributed by atoms with van der Waals surface area (Å²) in [6.07, 6.45) is 5.86. The van der Waals surface area contributed by atoms with E-state index in [0.29, 0.717) is 16.6 Å². The van der Waals surface area contributed by atoms with Crippen LogP contribution in [-0.2, 0) is 11.4 Å². The van der Waals surface area contributed by atoms with E-state index in [1.807, 2.05) is 60.8 Å². The number of nitrogens with zero attached hydrogens (tertiary/aromatic N) is 1. The second kappa shape index (κ2) is 7.03. The first kappa shape index (κ1) is 17.0. The summed E-state index contributed by atoms with van der Waals surface area (Å²) < 4.78 is 0. The predicted molar refractivity (Wildman–Crippen MR) is 105 cm³/mol. The first-order valence-corrected chi connectivity index (χ1v) is 8.39. The van der Waals surface area contributed by atoms with Gasteiger partial charge in [0.15, 0.2) is 0 Å². The standard InChI is InChI=1S/C21H17N3O3/c22-27-12-18-19(21(25)26)16-9-7-14-11-23-15(10-17(14)20(16)24-18)8-6-13-4-2-1-3-5-13/h1-11,23H,12,22H2,(H,25,26)/b8-6+. The maximum Gasteiger partial charge on any atom is 0.338 e. The number of carboxylic acids is 1. The van der Waals surface area contributed by atoms with Gasteiger partial charge in [0, 0.05) is 22.7 Å². The normalized spacial score (nSPS) is 11.6. The molecule has 0 aliphatic heterocycles. The van der Waals surface area contributed by atoms with E-state index in [1.165, 1.54) is 0 Å². The Kier molecular flexibility index (Phi) is 4.42. The van der Waals surface area contributed by atoms with Crippen LogP contribution in [-0.4, -0.2) is 21.0 Å². The predicted octanol–water partition coefficient (Wildman–Crippen LogP) is 3.98. The number of fused-ring (bicyclic) bond motifs is 3. The lowest BCUT2D eigenvalue weighted by Crippen LogP contribution is -2.05. The van der Waals surface area contributed by atoms with Gasteiger partial charge in [-0.15, -0.1) is 0 Å². The number of carboxylic acid groups (broad SMARTS) is 1. The van der Waals surface area contributed by atoms with Crippen molar-refractivity contribution in [2.75, 3.05) is 0 Å². The summed E-state index contributed by atoms with van der Waals surface area (Å²) in [6, 6.07) is 15.6. The SMILES string of the molecule is NOCc1nc2c(ccc3c[nH]c(/C=C/c4ccccc4)cc32)c1C(=O)O. The highest BCUT2D eigenvalue weighted by atomic mass is 16.6. The lowest BCUT2D eigenvalue weighted by Gasteiger charge is -2.03. The number of aromatic amines is 1. The second-order valence-electron chi connectivity index (χ2n) is 6.15. The Bertz CT molecular complexity index is 1160. The summed E-state index contributed by atoms with van der Waals surface area (Å²) in [4.78, 5) is 24.0. The summed E-state index contributed by atoms with van der Waals surface area (Å²) in [5.41, 5.74) is 3.05. The zero-order valence-electron chi connectivity index (χ0n) is 14.3. The van der Waals surface area contributed by atoms with E-state index in [1.54, 1.807) is 6.07 Å². The van der Waals surface area contributed by atoms with Crippen LogP contribution in [0.2, 0.25) is 0 Å². The number of aromatic nitrogens is 2. The van der Waals surface area contributed by atoms with Crippen molar-refractivity contribution in [1.82, 2.24) is 9.97 Å². The van der Waals surface area contributed by atoms with Crippen LogP contribution in [0.1, 0.15) is 27.3 Å². The molecule has 2 aromatic heterocycles. The smallest absolute Gasteiger partial charge is 0.338 e. The molecular weight excluding hydrogens is 342 g/mol. The lowest BCUT2D eigenvalue weighted by molar-refractivity contribution is 0.0689. The molecule has 0 fully saturated rings. The lowest BCUT2D eigenvalue weighted by atomic mass is 10.1. The van der Waals surface area contributed by atoms with Crippen molar-refractivity contribution in [3.63, 3.8) is 0 Å². The van der Waals surface area contributed by atoms with Gasteiger partial charge in [0.25, 0.3) is 0 Å². The molecular formula is C21H17N3O3. The highest BCUT2D eigenvalue weighted by Gasteiger charge is 2.20. The van der Waals surface area contributed by atoms with Crippen molar-refractivity contribution in [1.29, 1.82) is 0 Å². The monoisotopic (exact) mass is 359 g/mol. The fourth-order valence-electron chi connectivity index (χ4n) is 3.20. The Morgan fingerprint density at radius 3 is 2.70 bits per heavy atom. The van der Waals surface area contributed by atoms with Crippen LogP contribution in [0.25, 0.3) is 33.8 Å². The summed E-state index contributed by atoms with van der Waals surface area (Å²) in [5, 5.41) is 11.9. The third-order valence-electron chi connectivity index (χ3n) is 4.44. The molecule has 0 spiro atoms. The van der Waals surface area contributed by atoms with Crippen molar-refractivity contribution in [3.8, 4) is 0 Å². The van der Waals surface area contributed by atoms with Gasteiger partial charge in [0.2, 0.25) is 0 Å². The molecule has 6 nitrogen and oxygen atoms in total. The average Bonchev–Trinajstić information content (AvgIpc) is 3.06. The van der Waals surface area contributed by atoms with Crippen LogP contribution in [0.3, 0.4) is 0 Å². The van der Waals surface area contributed by atoms with Crippen LogP contribution >= 0.6 is 0 Å². The molecule has 4 N–H and O–H groups in total. The number of carbonyl (C=O) groups is 1. The Balaban J connectivity index is 1.86. The number of nitrogens with one attached hydrogen (secondary N) is 1. The van der Waals surface area contributed by atoms with Crippen molar-refractivity contribution in [3.05, 3.63) is 77.2 Å². The van der Waals surface area contributed by atoms with Crippen molar-refractivity contribution in [2.24, 2.45) is 5.90 Å². The Hall–Kier alpha value is -3.48. The zero-order chi connectivity index (χ0) is 18.8. The number of hydrogen-bond donors (Lipinski definition) is 3. The largest absolute Gasteiger partial charge is 0.478 e. The van der Waals surface area contributed by atoms with Gasteiger partial charge in [0.05, 0.1) is 16.8 Å². The molecule has 6 heteroatoms. The topological polar surface area (TPSA) is 101 Å². The quantitative estimate of drug-likeness (QED) is 0.468. The van der Waals surface area contributed by atoms with E-state index in [4.69, 9.17) is 5.90 Å². The average molecular weight is 359 g/mol. The molecule has 134 valence electrons. The van der Waals surface area contributed by atoms with Gasteiger partial charge in [0.1, 0.15) is 6.61 Å². The fourth-order valence-corrected chi connectivity index (χ4v) is 3.20. The molecule has 0 aliphatic rings. The maximum atomic E-state index is 11.7. The Labute approximate surface area is 154 Å². The molecule has 4 rings (SSSR count). The number of benzene rings is 2. The third kappa shape index (κ3) is 3.19. The van der Waals surface area contributed by atoms with Gasteiger partial charge in [-0.2, -0.15) is 0 Å². The number of hydrogen-bond acceptors (Lipinski definition) is 4. The minimum absolute atomic E-state index is 0.0580. The Morgan fingerprint density at radius 2 is 1.96 bits per heavy atom. The van der Waals surface area contributed by atoms with Gasteiger partial charge in [-0.1, -0.05) is 48.5 Å². The molecule has 2 aromatic carbocycles. The molecule has 0 radical (unpaired) electrons. The van der Waals surface area contributed by atoms with Crippen LogP contribution in [0.15, 0.2) is 54.7 Å². The van der Waals surface area contributed by atoms with Gasteiger partial charge < -0.3 is 10.1 Å². The molecule has 0 amide bonds. The highest BCUT2D eigenvalue weighted by molar-refractivity contribution is 6.13. The maximum absolute atomic E-state index is 11.7. The van der Waals surface area contributed by atoms with Gasteiger partial charge in [-0.05, 0) is 23.1 Å². The first-order valence-electron chi connectivity index (χ1n) is 8.39. The van der Waals surface area contributed by atoms with Crippen molar-refractivity contribution < 1.29 is 14.7 Å². The van der Waals surface area contributed by atoms with Crippen molar-refractivity contribution >= 4 is 39.8 Å². The second-order valence-corrected chi connectivity index (χ2v) is 6.15. The Morgan fingerprint density at radius 1 is 1.15 bits per heavy atom. The molecule has 0 atom stereocenters. The number of rotatable bonds is 5. The zero-order valence-corrected chi connectivity index (χ0v) is 14.3.